The van der Waals surface area contributed by atoms with Crippen molar-refractivity contribution in [3.63, 3.8) is 0 Å². The van der Waals surface area contributed by atoms with Gasteiger partial charge in [-0.15, -0.1) is 0 Å². The summed E-state index contributed by atoms with van der Waals surface area (Å²) in [6.45, 7) is 0. The Morgan fingerprint density at radius 2 is 2.00 bits per heavy atom. The van der Waals surface area contributed by atoms with E-state index in [1.807, 2.05) is 13.2 Å². The summed E-state index contributed by atoms with van der Waals surface area (Å²) in [6, 6.07) is 1.80. The van der Waals surface area contributed by atoms with Crippen LogP contribution in [0.2, 0.25) is 0 Å². The fourth-order valence-corrected chi connectivity index (χ4v) is 1.57. The Balaban J connectivity index is 1.96. The Bertz CT molecular complexity index is 701. The molecule has 102 valence electrons. The van der Waals surface area contributed by atoms with E-state index in [0.29, 0.717) is 17.7 Å². The number of nitrogens with zero attached hydrogens (tertiary/aromatic N) is 7. The zero-order chi connectivity index (χ0) is 13.9. The lowest BCUT2D eigenvalue weighted by Gasteiger charge is -2.07. The number of anilines is 3. The van der Waals surface area contributed by atoms with Crippen LogP contribution in [0.25, 0.3) is 5.95 Å². The van der Waals surface area contributed by atoms with Crippen molar-refractivity contribution in [2.75, 3.05) is 10.7 Å². The molecule has 10 nitrogen and oxygen atoms in total. The number of aryl methyl sites for hydroxylation is 1. The lowest BCUT2D eigenvalue weighted by Crippen LogP contribution is -2.14. The Morgan fingerprint density at radius 3 is 2.65 bits per heavy atom. The molecule has 20 heavy (non-hydrogen) atoms. The van der Waals surface area contributed by atoms with Crippen LogP contribution in [0, 0.1) is 0 Å². The molecule has 0 saturated carbocycles. The van der Waals surface area contributed by atoms with Crippen LogP contribution in [-0.4, -0.2) is 34.3 Å². The highest BCUT2D eigenvalue weighted by Crippen LogP contribution is 2.13. The van der Waals surface area contributed by atoms with E-state index in [1.54, 1.807) is 34.0 Å². The molecule has 0 saturated heterocycles. The van der Waals surface area contributed by atoms with Gasteiger partial charge < -0.3 is 5.32 Å². The van der Waals surface area contributed by atoms with Crippen molar-refractivity contribution in [1.29, 1.82) is 0 Å². The molecule has 3 aromatic rings. The van der Waals surface area contributed by atoms with Crippen molar-refractivity contribution in [2.24, 2.45) is 12.9 Å². The average molecular weight is 272 g/mol. The second kappa shape index (κ2) is 4.93. The number of rotatable bonds is 4. The quantitative estimate of drug-likeness (QED) is 0.441. The number of nitrogen functional groups attached to an aromatic ring is 1. The summed E-state index contributed by atoms with van der Waals surface area (Å²) < 4.78 is 3.31. The molecule has 0 bridgehead atoms. The SMILES string of the molecule is Cn1ccc(Nc2nc(NN)nc(-n3ccnc3)n2)n1. The molecular weight excluding hydrogens is 260 g/mol. The maximum absolute atomic E-state index is 5.36. The van der Waals surface area contributed by atoms with Crippen LogP contribution in [0.4, 0.5) is 17.7 Å². The van der Waals surface area contributed by atoms with Crippen LogP contribution in [-0.2, 0) is 7.05 Å². The minimum Gasteiger partial charge on any atom is -0.307 e. The Morgan fingerprint density at radius 1 is 1.15 bits per heavy atom. The van der Waals surface area contributed by atoms with Crippen molar-refractivity contribution in [1.82, 2.24) is 34.3 Å². The van der Waals surface area contributed by atoms with E-state index in [1.165, 1.54) is 0 Å². The summed E-state index contributed by atoms with van der Waals surface area (Å²) in [5, 5.41) is 7.17. The van der Waals surface area contributed by atoms with Gasteiger partial charge in [-0.05, 0) is 0 Å². The van der Waals surface area contributed by atoms with Gasteiger partial charge in [0.15, 0.2) is 5.82 Å². The monoisotopic (exact) mass is 272 g/mol. The predicted molar refractivity (Wildman–Crippen MR) is 71.2 cm³/mol. The van der Waals surface area contributed by atoms with Gasteiger partial charge in [-0.25, -0.2) is 10.8 Å². The maximum atomic E-state index is 5.36. The number of hydrazine groups is 1. The van der Waals surface area contributed by atoms with E-state index in [-0.39, 0.29) is 5.95 Å². The summed E-state index contributed by atoms with van der Waals surface area (Å²) in [4.78, 5) is 16.5. The van der Waals surface area contributed by atoms with Crippen LogP contribution in [0.5, 0.6) is 0 Å². The molecule has 0 spiro atoms. The molecule has 0 unspecified atom stereocenters. The number of imidazole rings is 1. The van der Waals surface area contributed by atoms with Gasteiger partial charge in [0.1, 0.15) is 6.33 Å². The molecule has 0 aromatic carbocycles. The largest absolute Gasteiger partial charge is 0.307 e. The zero-order valence-corrected chi connectivity index (χ0v) is 10.6. The van der Waals surface area contributed by atoms with Crippen molar-refractivity contribution < 1.29 is 0 Å². The first kappa shape index (κ1) is 12.0. The summed E-state index contributed by atoms with van der Waals surface area (Å²) in [5.74, 6) is 6.95. The fraction of sp³-hybridized carbons (Fsp3) is 0.100. The standard InChI is InChI=1S/C10H12N10/c1-19-4-2-7(18-19)13-8-14-9(17-11)16-10(15-8)20-5-3-12-6-20/h2-6H,11H2,1H3,(H2,13,14,15,16,17,18). The van der Waals surface area contributed by atoms with E-state index in [9.17, 15) is 0 Å². The van der Waals surface area contributed by atoms with Gasteiger partial charge in [0.25, 0.3) is 0 Å². The fourth-order valence-electron chi connectivity index (χ4n) is 1.57. The maximum Gasteiger partial charge on any atom is 0.243 e. The van der Waals surface area contributed by atoms with Crippen LogP contribution >= 0.6 is 0 Å². The molecule has 0 aliphatic carbocycles. The molecule has 4 N–H and O–H groups in total. The Labute approximate surface area is 113 Å². The molecule has 0 aliphatic heterocycles. The molecule has 0 radical (unpaired) electrons. The Hall–Kier alpha value is -3.01. The number of hydrogen-bond acceptors (Lipinski definition) is 8. The highest BCUT2D eigenvalue weighted by molar-refractivity contribution is 5.49. The molecule has 0 atom stereocenters. The van der Waals surface area contributed by atoms with Crippen LogP contribution < -0.4 is 16.6 Å². The molecule has 3 rings (SSSR count). The first-order valence-corrected chi connectivity index (χ1v) is 5.72. The molecule has 0 amide bonds. The molecule has 0 aliphatic rings. The lowest BCUT2D eigenvalue weighted by atomic mass is 10.6. The van der Waals surface area contributed by atoms with Crippen molar-refractivity contribution in [2.45, 2.75) is 0 Å². The van der Waals surface area contributed by atoms with E-state index in [4.69, 9.17) is 5.84 Å². The molecule has 10 heteroatoms. The average Bonchev–Trinajstić information content (AvgIpc) is 3.10. The predicted octanol–water partition coefficient (Wildman–Crippen LogP) is -0.180. The highest BCUT2D eigenvalue weighted by atomic mass is 15.4. The van der Waals surface area contributed by atoms with Crippen molar-refractivity contribution >= 4 is 17.7 Å². The van der Waals surface area contributed by atoms with Gasteiger partial charge in [-0.3, -0.25) is 14.7 Å². The first-order valence-electron chi connectivity index (χ1n) is 5.72. The smallest absolute Gasteiger partial charge is 0.243 e. The minimum atomic E-state index is 0.238. The van der Waals surface area contributed by atoms with Gasteiger partial charge in [-0.1, -0.05) is 0 Å². The van der Waals surface area contributed by atoms with Gasteiger partial charge in [-0.2, -0.15) is 20.1 Å². The zero-order valence-electron chi connectivity index (χ0n) is 10.6. The highest BCUT2D eigenvalue weighted by Gasteiger charge is 2.08. The second-order valence-corrected chi connectivity index (χ2v) is 3.90. The van der Waals surface area contributed by atoms with E-state index in [2.05, 4.69) is 35.8 Å². The summed E-state index contributed by atoms with van der Waals surface area (Å²) in [7, 11) is 1.82. The van der Waals surface area contributed by atoms with Crippen LogP contribution in [0.3, 0.4) is 0 Å². The summed E-state index contributed by atoms with van der Waals surface area (Å²) in [6.07, 6.45) is 6.74. The molecule has 3 aromatic heterocycles. The third kappa shape index (κ3) is 2.40. The summed E-state index contributed by atoms with van der Waals surface area (Å²) in [5.41, 5.74) is 2.40. The number of hydrogen-bond donors (Lipinski definition) is 3. The summed E-state index contributed by atoms with van der Waals surface area (Å²) >= 11 is 0. The molecular formula is C10H12N10. The van der Waals surface area contributed by atoms with Crippen molar-refractivity contribution in [3.8, 4) is 5.95 Å². The van der Waals surface area contributed by atoms with E-state index >= 15 is 0 Å². The van der Waals surface area contributed by atoms with E-state index < -0.39 is 0 Å². The normalized spacial score (nSPS) is 10.5. The van der Waals surface area contributed by atoms with Crippen molar-refractivity contribution in [3.05, 3.63) is 31.0 Å². The third-order valence-electron chi connectivity index (χ3n) is 2.44. The number of nitrogens with two attached hydrogens (primary N) is 1. The number of nitrogens with one attached hydrogen (secondary N) is 2. The Kier molecular flexibility index (Phi) is 2.97. The lowest BCUT2D eigenvalue weighted by molar-refractivity contribution is 0.770. The number of aromatic nitrogens is 7. The van der Waals surface area contributed by atoms with Crippen LogP contribution in [0.1, 0.15) is 0 Å². The van der Waals surface area contributed by atoms with Gasteiger partial charge >= 0.3 is 0 Å². The van der Waals surface area contributed by atoms with Gasteiger partial charge in [0, 0.05) is 31.7 Å². The van der Waals surface area contributed by atoms with E-state index in [0.717, 1.165) is 0 Å². The van der Waals surface area contributed by atoms with Gasteiger partial charge in [0.05, 0.1) is 0 Å². The first-order chi connectivity index (χ1) is 9.74. The topological polar surface area (TPSA) is 124 Å². The molecule has 0 fully saturated rings. The third-order valence-corrected chi connectivity index (χ3v) is 2.44. The molecule has 3 heterocycles. The minimum absolute atomic E-state index is 0.238. The second-order valence-electron chi connectivity index (χ2n) is 3.90. The van der Waals surface area contributed by atoms with Gasteiger partial charge in [0.2, 0.25) is 17.8 Å². The van der Waals surface area contributed by atoms with Crippen LogP contribution in [0.15, 0.2) is 31.0 Å².